The third-order valence-electron chi connectivity index (χ3n) is 4.78. The molecule has 2 aromatic carbocycles. The molecule has 166 valence electrons. The number of benzene rings is 2. The van der Waals surface area contributed by atoms with Gasteiger partial charge in [0.1, 0.15) is 18.1 Å². The second kappa shape index (κ2) is 10.6. The molecule has 1 N–H and O–H groups in total. The van der Waals surface area contributed by atoms with Crippen LogP contribution in [-0.4, -0.2) is 34.9 Å². The van der Waals surface area contributed by atoms with Gasteiger partial charge in [-0.2, -0.15) is 5.26 Å². The van der Waals surface area contributed by atoms with E-state index in [1.165, 1.54) is 0 Å². The molecule has 1 unspecified atom stereocenters. The summed E-state index contributed by atoms with van der Waals surface area (Å²) < 4.78 is 17.3. The number of ether oxygens (including phenoxy) is 3. The molecule has 0 amide bonds. The Hall–Kier alpha value is -3.63. The molecule has 0 fully saturated rings. The number of aromatic nitrogens is 1. The van der Waals surface area contributed by atoms with E-state index in [4.69, 9.17) is 14.2 Å². The Bertz CT molecular complexity index is 1120. The summed E-state index contributed by atoms with van der Waals surface area (Å²) in [5.74, 6) is 0.242. The van der Waals surface area contributed by atoms with Crippen LogP contribution in [0.3, 0.4) is 0 Å². The molecule has 1 heterocycles. The van der Waals surface area contributed by atoms with Crippen molar-refractivity contribution in [2.24, 2.45) is 0 Å². The Morgan fingerprint density at radius 3 is 2.56 bits per heavy atom. The van der Waals surface area contributed by atoms with E-state index in [2.05, 4.69) is 11.1 Å². The van der Waals surface area contributed by atoms with E-state index < -0.39 is 12.1 Å². The van der Waals surface area contributed by atoms with Gasteiger partial charge in [-0.05, 0) is 50.6 Å². The quantitative estimate of drug-likeness (QED) is 0.501. The largest absolute Gasteiger partial charge is 0.490 e. The second-order valence-electron chi connectivity index (χ2n) is 7.51. The minimum absolute atomic E-state index is 0.0853. The second-order valence-corrected chi connectivity index (χ2v) is 7.51. The Morgan fingerprint density at radius 1 is 1.19 bits per heavy atom. The van der Waals surface area contributed by atoms with Gasteiger partial charge in [-0.3, -0.25) is 4.98 Å². The highest BCUT2D eigenvalue weighted by Crippen LogP contribution is 2.32. The summed E-state index contributed by atoms with van der Waals surface area (Å²) in [6.07, 6.45) is 1.02. The lowest BCUT2D eigenvalue weighted by Gasteiger charge is -2.17. The van der Waals surface area contributed by atoms with Gasteiger partial charge in [0.25, 0.3) is 0 Å². The average molecular weight is 434 g/mol. The van der Waals surface area contributed by atoms with Crippen molar-refractivity contribution in [3.63, 3.8) is 0 Å². The van der Waals surface area contributed by atoms with Gasteiger partial charge in [-0.25, -0.2) is 4.79 Å². The number of pyridine rings is 1. The van der Waals surface area contributed by atoms with Crippen molar-refractivity contribution in [2.45, 2.75) is 46.0 Å². The highest BCUT2D eigenvalue weighted by molar-refractivity contribution is 5.91. The van der Waals surface area contributed by atoms with E-state index in [1.807, 2.05) is 32.0 Å². The van der Waals surface area contributed by atoms with Crippen LogP contribution in [0.4, 0.5) is 0 Å². The zero-order valence-corrected chi connectivity index (χ0v) is 18.4. The van der Waals surface area contributed by atoms with Crippen LogP contribution in [-0.2, 0) is 22.6 Å². The number of fused-ring (bicyclic) bond motifs is 1. The van der Waals surface area contributed by atoms with Gasteiger partial charge >= 0.3 is 5.97 Å². The van der Waals surface area contributed by atoms with Crippen molar-refractivity contribution in [1.82, 2.24) is 4.98 Å². The maximum absolute atomic E-state index is 11.3. The lowest BCUT2D eigenvalue weighted by Crippen LogP contribution is -2.26. The first kappa shape index (κ1) is 23.0. The monoisotopic (exact) mass is 434 g/mol. The average Bonchev–Trinajstić information content (AvgIpc) is 2.78. The van der Waals surface area contributed by atoms with E-state index in [0.29, 0.717) is 34.6 Å². The predicted octanol–water partition coefficient (Wildman–Crippen LogP) is 4.50. The van der Waals surface area contributed by atoms with Crippen LogP contribution in [0.5, 0.6) is 11.5 Å². The lowest BCUT2D eigenvalue weighted by atomic mass is 10.1. The van der Waals surface area contributed by atoms with Crippen molar-refractivity contribution in [3.05, 3.63) is 65.4 Å². The summed E-state index contributed by atoms with van der Waals surface area (Å²) in [5, 5.41) is 19.5. The summed E-state index contributed by atoms with van der Waals surface area (Å²) in [6, 6.07) is 14.8. The molecule has 3 aromatic rings. The fraction of sp³-hybridized carbons (Fsp3) is 0.320. The van der Waals surface area contributed by atoms with E-state index in [-0.39, 0.29) is 19.1 Å². The summed E-state index contributed by atoms with van der Waals surface area (Å²) in [5.41, 5.74) is 2.77. The molecule has 3 rings (SSSR count). The zero-order valence-electron chi connectivity index (χ0n) is 18.4. The molecule has 32 heavy (non-hydrogen) atoms. The maximum Gasteiger partial charge on any atom is 0.333 e. The highest BCUT2D eigenvalue weighted by atomic mass is 16.5. The molecule has 0 spiro atoms. The number of carboxylic acids is 1. The predicted molar refractivity (Wildman–Crippen MR) is 120 cm³/mol. The Labute approximate surface area is 187 Å². The smallest absolute Gasteiger partial charge is 0.333 e. The van der Waals surface area contributed by atoms with Crippen LogP contribution in [0, 0.1) is 11.3 Å². The number of hydrogen-bond donors (Lipinski definition) is 1. The number of nitrogens with zero attached hydrogens (tertiary/aromatic N) is 2. The number of carbonyl (C=O) groups is 1. The molecule has 0 saturated heterocycles. The number of carboxylic acid groups (broad SMARTS) is 1. The molecular weight excluding hydrogens is 408 g/mol. The molecule has 0 radical (unpaired) electrons. The summed E-state index contributed by atoms with van der Waals surface area (Å²) in [7, 11) is 0. The Kier molecular flexibility index (Phi) is 7.63. The van der Waals surface area contributed by atoms with E-state index >= 15 is 0 Å². The first-order valence-corrected chi connectivity index (χ1v) is 10.5. The third-order valence-corrected chi connectivity index (χ3v) is 4.78. The normalized spacial score (nSPS) is 11.8. The van der Waals surface area contributed by atoms with Gasteiger partial charge in [0.15, 0.2) is 6.10 Å². The van der Waals surface area contributed by atoms with Gasteiger partial charge in [0.05, 0.1) is 34.2 Å². The van der Waals surface area contributed by atoms with E-state index in [9.17, 15) is 15.2 Å². The van der Waals surface area contributed by atoms with Crippen LogP contribution < -0.4 is 9.47 Å². The summed E-state index contributed by atoms with van der Waals surface area (Å²) >= 11 is 0. The minimum atomic E-state index is -0.981. The van der Waals surface area contributed by atoms with E-state index in [0.717, 1.165) is 11.1 Å². The molecule has 7 heteroatoms. The molecule has 1 atom stereocenters. The van der Waals surface area contributed by atoms with Crippen LogP contribution >= 0.6 is 0 Å². The minimum Gasteiger partial charge on any atom is -0.490 e. The summed E-state index contributed by atoms with van der Waals surface area (Å²) in [4.78, 5) is 15.7. The van der Waals surface area contributed by atoms with Gasteiger partial charge in [0.2, 0.25) is 0 Å². The van der Waals surface area contributed by atoms with Crippen LogP contribution in [0.15, 0.2) is 48.7 Å². The molecule has 0 saturated carbocycles. The molecule has 1 aromatic heterocycles. The molecule has 7 nitrogen and oxygen atoms in total. The number of rotatable bonds is 10. The standard InChI is InChI=1S/C25H26N2O5/c1-4-30-22(25(28)29)12-17-8-10-20(11-9-17)31-15-19-14-27-21-7-5-6-18(13-26)23(21)24(19)32-16(2)3/h5-11,14,16,22H,4,12,15H2,1-3H3,(H,28,29). The number of aliphatic carboxylic acids is 1. The van der Waals surface area contributed by atoms with Gasteiger partial charge in [0, 0.05) is 19.2 Å². The SMILES string of the molecule is CCOC(Cc1ccc(OCc2cnc3cccc(C#N)c3c2OC(C)C)cc1)C(=O)O. The molecule has 0 aliphatic rings. The fourth-order valence-electron chi connectivity index (χ4n) is 3.33. The van der Waals surface area contributed by atoms with Crippen molar-refractivity contribution < 1.29 is 24.1 Å². The first-order chi connectivity index (χ1) is 15.4. The van der Waals surface area contributed by atoms with Gasteiger partial charge in [-0.1, -0.05) is 18.2 Å². The highest BCUT2D eigenvalue weighted by Gasteiger charge is 2.18. The van der Waals surface area contributed by atoms with Crippen molar-refractivity contribution in [1.29, 1.82) is 5.26 Å². The molecule has 0 bridgehead atoms. The zero-order chi connectivity index (χ0) is 23.1. The Balaban J connectivity index is 1.80. The van der Waals surface area contributed by atoms with Gasteiger partial charge < -0.3 is 19.3 Å². The maximum atomic E-state index is 11.3. The van der Waals surface area contributed by atoms with Crippen molar-refractivity contribution in [3.8, 4) is 17.6 Å². The topological polar surface area (TPSA) is 102 Å². The lowest BCUT2D eigenvalue weighted by molar-refractivity contribution is -0.149. The molecular formula is C25H26N2O5. The van der Waals surface area contributed by atoms with Crippen molar-refractivity contribution >= 4 is 16.9 Å². The van der Waals surface area contributed by atoms with Gasteiger partial charge in [-0.15, -0.1) is 0 Å². The van der Waals surface area contributed by atoms with Crippen LogP contribution in [0.1, 0.15) is 37.5 Å². The number of hydrogen-bond acceptors (Lipinski definition) is 6. The van der Waals surface area contributed by atoms with E-state index in [1.54, 1.807) is 37.4 Å². The molecule has 0 aliphatic carbocycles. The van der Waals surface area contributed by atoms with Crippen LogP contribution in [0.25, 0.3) is 10.9 Å². The Morgan fingerprint density at radius 2 is 1.94 bits per heavy atom. The first-order valence-electron chi connectivity index (χ1n) is 10.5. The fourth-order valence-corrected chi connectivity index (χ4v) is 3.33. The van der Waals surface area contributed by atoms with Crippen LogP contribution in [0.2, 0.25) is 0 Å². The third kappa shape index (κ3) is 5.54. The molecule has 0 aliphatic heterocycles. The number of nitriles is 1. The summed E-state index contributed by atoms with van der Waals surface area (Å²) in [6.45, 7) is 6.17. The van der Waals surface area contributed by atoms with Crippen molar-refractivity contribution in [2.75, 3.05) is 6.61 Å².